The summed E-state index contributed by atoms with van der Waals surface area (Å²) in [5.74, 6) is 1.12. The Morgan fingerprint density at radius 1 is 1.44 bits per heavy atom. The van der Waals surface area contributed by atoms with Gasteiger partial charge in [-0.15, -0.1) is 11.6 Å². The van der Waals surface area contributed by atoms with Gasteiger partial charge in [0.1, 0.15) is 5.82 Å². The maximum absolute atomic E-state index is 13.0. The van der Waals surface area contributed by atoms with E-state index in [2.05, 4.69) is 17.2 Å². The Balaban J connectivity index is 1.95. The van der Waals surface area contributed by atoms with E-state index in [-0.39, 0.29) is 11.4 Å². The summed E-state index contributed by atoms with van der Waals surface area (Å²) in [4.78, 5) is 3.86. The predicted molar refractivity (Wildman–Crippen MR) is 72.1 cm³/mol. The summed E-state index contributed by atoms with van der Waals surface area (Å²) < 4.78 is 13.0. The van der Waals surface area contributed by atoms with Gasteiger partial charge in [0.25, 0.3) is 0 Å². The Morgan fingerprint density at radius 2 is 2.17 bits per heavy atom. The van der Waals surface area contributed by atoms with E-state index in [1.165, 1.54) is 25.1 Å². The number of halogens is 2. The third kappa shape index (κ3) is 3.42. The van der Waals surface area contributed by atoms with Gasteiger partial charge < -0.3 is 5.32 Å². The monoisotopic (exact) mass is 270 g/mol. The number of hydrogen-bond donors (Lipinski definition) is 1. The quantitative estimate of drug-likeness (QED) is 0.847. The van der Waals surface area contributed by atoms with E-state index in [1.54, 1.807) is 6.20 Å². The molecular weight excluding hydrogens is 251 g/mol. The molecule has 18 heavy (non-hydrogen) atoms. The summed E-state index contributed by atoms with van der Waals surface area (Å²) in [7, 11) is 0. The van der Waals surface area contributed by atoms with Crippen molar-refractivity contribution in [1.29, 1.82) is 0 Å². The highest BCUT2D eigenvalue weighted by atomic mass is 35.5. The largest absolute Gasteiger partial charge is 0.306 e. The maximum atomic E-state index is 13.0. The lowest BCUT2D eigenvalue weighted by Gasteiger charge is -2.39. The third-order valence-electron chi connectivity index (χ3n) is 3.92. The molecule has 0 atom stereocenters. The van der Waals surface area contributed by atoms with Crippen molar-refractivity contribution in [3.05, 3.63) is 29.8 Å². The highest BCUT2D eigenvalue weighted by Crippen LogP contribution is 2.33. The van der Waals surface area contributed by atoms with Crippen LogP contribution in [0.3, 0.4) is 0 Å². The molecule has 1 fully saturated rings. The summed E-state index contributed by atoms with van der Waals surface area (Å²) in [6.45, 7) is 2.92. The molecule has 1 aliphatic carbocycles. The lowest BCUT2D eigenvalue weighted by atomic mass is 9.78. The van der Waals surface area contributed by atoms with Gasteiger partial charge in [-0.25, -0.2) is 4.39 Å². The zero-order chi connectivity index (χ0) is 13.0. The first-order valence-corrected chi connectivity index (χ1v) is 7.07. The molecule has 4 heteroatoms. The highest BCUT2D eigenvalue weighted by Gasteiger charge is 2.32. The number of rotatable bonds is 4. The van der Waals surface area contributed by atoms with Crippen molar-refractivity contribution in [2.75, 3.05) is 5.88 Å². The number of hydrogen-bond acceptors (Lipinski definition) is 2. The number of nitrogens with zero attached hydrogens (tertiary/aromatic N) is 1. The van der Waals surface area contributed by atoms with Gasteiger partial charge in [0, 0.05) is 24.2 Å². The average molecular weight is 271 g/mol. The molecule has 100 valence electrons. The van der Waals surface area contributed by atoms with Gasteiger partial charge in [-0.3, -0.25) is 4.98 Å². The van der Waals surface area contributed by atoms with Crippen molar-refractivity contribution >= 4 is 11.6 Å². The number of nitrogens with one attached hydrogen (secondary N) is 1. The molecule has 1 saturated carbocycles. The number of alkyl halides is 1. The number of aromatic nitrogens is 1. The van der Waals surface area contributed by atoms with Crippen LogP contribution >= 0.6 is 11.6 Å². The van der Waals surface area contributed by atoms with Crippen LogP contribution < -0.4 is 5.32 Å². The number of pyridine rings is 1. The van der Waals surface area contributed by atoms with Crippen molar-refractivity contribution in [2.45, 2.75) is 44.7 Å². The first kappa shape index (κ1) is 13.8. The van der Waals surface area contributed by atoms with Crippen molar-refractivity contribution in [3.63, 3.8) is 0 Å². The second-order valence-electron chi connectivity index (χ2n) is 5.46. The fourth-order valence-electron chi connectivity index (χ4n) is 2.51. The summed E-state index contributed by atoms with van der Waals surface area (Å²) in [6.07, 6.45) is 7.54. The normalized spacial score (nSPS) is 28.3. The summed E-state index contributed by atoms with van der Waals surface area (Å²) in [6, 6.07) is 1.52. The van der Waals surface area contributed by atoms with Crippen molar-refractivity contribution < 1.29 is 4.39 Å². The zero-order valence-corrected chi connectivity index (χ0v) is 11.5. The van der Waals surface area contributed by atoms with Crippen LogP contribution in [-0.4, -0.2) is 16.4 Å². The molecule has 0 aliphatic heterocycles. The van der Waals surface area contributed by atoms with Crippen LogP contribution in [0, 0.1) is 11.7 Å². The van der Waals surface area contributed by atoms with Crippen molar-refractivity contribution in [2.24, 2.45) is 5.92 Å². The minimum absolute atomic E-state index is 0.0143. The van der Waals surface area contributed by atoms with Crippen LogP contribution in [0.4, 0.5) is 4.39 Å². The van der Waals surface area contributed by atoms with Gasteiger partial charge in [0.05, 0.1) is 6.20 Å². The Bertz CT molecular complexity index is 389. The molecule has 2 nitrogen and oxygen atoms in total. The van der Waals surface area contributed by atoms with E-state index in [9.17, 15) is 4.39 Å². The molecule has 0 unspecified atom stereocenters. The summed E-state index contributed by atoms with van der Waals surface area (Å²) in [5, 5.41) is 3.51. The molecular formula is C14H20ClFN2. The van der Waals surface area contributed by atoms with E-state index in [0.29, 0.717) is 12.4 Å². The second-order valence-corrected chi connectivity index (χ2v) is 5.73. The van der Waals surface area contributed by atoms with Crippen LogP contribution in [-0.2, 0) is 6.54 Å². The topological polar surface area (TPSA) is 24.9 Å². The van der Waals surface area contributed by atoms with Crippen LogP contribution in [0.5, 0.6) is 0 Å². The fraction of sp³-hybridized carbons (Fsp3) is 0.643. The smallest absolute Gasteiger partial charge is 0.141 e. The Morgan fingerprint density at radius 3 is 2.78 bits per heavy atom. The van der Waals surface area contributed by atoms with Crippen molar-refractivity contribution in [1.82, 2.24) is 10.3 Å². The van der Waals surface area contributed by atoms with Crippen LogP contribution in [0.25, 0.3) is 0 Å². The molecule has 1 heterocycles. The van der Waals surface area contributed by atoms with Gasteiger partial charge in [-0.2, -0.15) is 0 Å². The van der Waals surface area contributed by atoms with E-state index < -0.39 is 0 Å². The molecule has 0 saturated heterocycles. The van der Waals surface area contributed by atoms with E-state index >= 15 is 0 Å². The van der Waals surface area contributed by atoms with E-state index in [1.807, 2.05) is 0 Å². The lowest BCUT2D eigenvalue weighted by Crippen LogP contribution is -2.49. The SMILES string of the molecule is CC1CCC(CCl)(NCc2cncc(F)c2)CC1. The Kier molecular flexibility index (Phi) is 4.57. The maximum Gasteiger partial charge on any atom is 0.141 e. The fourth-order valence-corrected chi connectivity index (χ4v) is 2.88. The van der Waals surface area contributed by atoms with E-state index in [0.717, 1.165) is 24.3 Å². The second kappa shape index (κ2) is 5.98. The van der Waals surface area contributed by atoms with E-state index in [4.69, 9.17) is 11.6 Å². The molecule has 0 spiro atoms. The predicted octanol–water partition coefficient (Wildman–Crippen LogP) is 3.50. The van der Waals surface area contributed by atoms with Gasteiger partial charge >= 0.3 is 0 Å². The van der Waals surface area contributed by atoms with Gasteiger partial charge in [-0.1, -0.05) is 6.92 Å². The van der Waals surface area contributed by atoms with Gasteiger partial charge in [-0.05, 0) is 43.2 Å². The first-order valence-electron chi connectivity index (χ1n) is 6.54. The summed E-state index contributed by atoms with van der Waals surface area (Å²) in [5.41, 5.74) is 0.888. The molecule has 0 aromatic carbocycles. The standard InChI is InChI=1S/C14H20ClFN2/c1-11-2-4-14(10-15,5-3-11)18-8-12-6-13(16)9-17-7-12/h6-7,9,11,18H,2-5,8,10H2,1H3. The molecule has 1 aliphatic rings. The summed E-state index contributed by atoms with van der Waals surface area (Å²) >= 11 is 6.13. The minimum Gasteiger partial charge on any atom is -0.306 e. The zero-order valence-electron chi connectivity index (χ0n) is 10.8. The molecule has 0 amide bonds. The molecule has 0 bridgehead atoms. The first-order chi connectivity index (χ1) is 8.63. The Labute approximate surface area is 113 Å². The van der Waals surface area contributed by atoms with Gasteiger partial charge in [0.15, 0.2) is 0 Å². The Hall–Kier alpha value is -0.670. The van der Waals surface area contributed by atoms with Crippen LogP contribution in [0.15, 0.2) is 18.5 Å². The highest BCUT2D eigenvalue weighted by molar-refractivity contribution is 6.18. The lowest BCUT2D eigenvalue weighted by molar-refractivity contribution is 0.216. The molecule has 2 rings (SSSR count). The molecule has 1 N–H and O–H groups in total. The van der Waals surface area contributed by atoms with Gasteiger partial charge in [0.2, 0.25) is 0 Å². The van der Waals surface area contributed by atoms with Crippen LogP contribution in [0.2, 0.25) is 0 Å². The van der Waals surface area contributed by atoms with Crippen LogP contribution in [0.1, 0.15) is 38.2 Å². The molecule has 1 aromatic rings. The third-order valence-corrected chi connectivity index (χ3v) is 4.43. The molecule has 1 aromatic heterocycles. The van der Waals surface area contributed by atoms with Crippen molar-refractivity contribution in [3.8, 4) is 0 Å². The molecule has 0 radical (unpaired) electrons. The average Bonchev–Trinajstić information content (AvgIpc) is 2.39. The minimum atomic E-state index is -0.286.